The number of hydrogen-bond donors (Lipinski definition) is 1. The molecule has 118 valence electrons. The number of fused-ring (bicyclic) bond motifs is 1. The summed E-state index contributed by atoms with van der Waals surface area (Å²) in [6, 6.07) is 15.2. The summed E-state index contributed by atoms with van der Waals surface area (Å²) in [6.45, 7) is 0. The topological polar surface area (TPSA) is 59.8 Å². The molecule has 0 saturated carbocycles. The molecular weight excluding hydrogens is 320 g/mol. The molecule has 1 N–H and O–H groups in total. The van der Waals surface area contributed by atoms with E-state index in [0.29, 0.717) is 11.4 Å². The first-order chi connectivity index (χ1) is 11.7. The number of carbonyl (C=O) groups excluding carboxylic acids is 1. The van der Waals surface area contributed by atoms with Gasteiger partial charge in [-0.15, -0.1) is 11.3 Å². The molecule has 1 aromatic carbocycles. The van der Waals surface area contributed by atoms with Crippen LogP contribution in [0.3, 0.4) is 0 Å². The maximum atomic E-state index is 12.8. The lowest BCUT2D eigenvalue weighted by Crippen LogP contribution is -2.13. The summed E-state index contributed by atoms with van der Waals surface area (Å²) in [5.41, 5.74) is 2.19. The predicted molar refractivity (Wildman–Crippen MR) is 96.2 cm³/mol. The Morgan fingerprint density at radius 1 is 1.17 bits per heavy atom. The number of benzene rings is 1. The number of thiophene rings is 1. The third-order valence-corrected chi connectivity index (χ3v) is 4.58. The van der Waals surface area contributed by atoms with Crippen LogP contribution in [0.1, 0.15) is 10.4 Å². The molecule has 0 radical (unpaired) electrons. The summed E-state index contributed by atoms with van der Waals surface area (Å²) >= 11 is 1.60. The number of nitrogens with one attached hydrogen (secondary N) is 1. The molecule has 0 bridgehead atoms. The van der Waals surface area contributed by atoms with Gasteiger partial charge in [0, 0.05) is 24.7 Å². The van der Waals surface area contributed by atoms with Crippen LogP contribution in [0, 0.1) is 0 Å². The van der Waals surface area contributed by atoms with Gasteiger partial charge in [0.05, 0.1) is 21.7 Å². The zero-order valence-corrected chi connectivity index (χ0v) is 13.7. The minimum Gasteiger partial charge on any atom is -0.305 e. The molecule has 3 heterocycles. The summed E-state index contributed by atoms with van der Waals surface area (Å²) in [5.74, 6) is 0.339. The second-order valence-corrected chi connectivity index (χ2v) is 6.33. The van der Waals surface area contributed by atoms with E-state index in [9.17, 15) is 4.79 Å². The van der Waals surface area contributed by atoms with Gasteiger partial charge < -0.3 is 5.32 Å². The molecule has 1 amide bonds. The quantitative estimate of drug-likeness (QED) is 0.617. The van der Waals surface area contributed by atoms with Gasteiger partial charge in [-0.05, 0) is 23.6 Å². The van der Waals surface area contributed by atoms with Crippen LogP contribution in [-0.4, -0.2) is 20.7 Å². The molecule has 5 nitrogen and oxygen atoms in total. The summed E-state index contributed by atoms with van der Waals surface area (Å²) in [5, 5.41) is 9.87. The zero-order chi connectivity index (χ0) is 16.5. The number of aromatic nitrogens is 3. The number of hydrogen-bond acceptors (Lipinski definition) is 4. The van der Waals surface area contributed by atoms with Crippen molar-refractivity contribution in [2.45, 2.75) is 0 Å². The van der Waals surface area contributed by atoms with Crippen molar-refractivity contribution < 1.29 is 4.79 Å². The Balaban J connectivity index is 1.82. The number of nitrogens with zero attached hydrogens (tertiary/aromatic N) is 3. The monoisotopic (exact) mass is 334 g/mol. The third-order valence-electron chi connectivity index (χ3n) is 3.69. The summed E-state index contributed by atoms with van der Waals surface area (Å²) in [4.78, 5) is 18.5. The number of para-hydroxylation sites is 1. The molecule has 0 atom stereocenters. The number of aryl methyl sites for hydroxylation is 1. The maximum absolute atomic E-state index is 12.8. The molecule has 0 unspecified atom stereocenters. The van der Waals surface area contributed by atoms with E-state index >= 15 is 0 Å². The SMILES string of the molecule is Cn1ccc(NC(=O)c2cc(-c3cccs3)nc3ccccc23)n1. The first-order valence-corrected chi connectivity index (χ1v) is 8.33. The molecule has 0 aliphatic carbocycles. The van der Waals surface area contributed by atoms with Crippen molar-refractivity contribution in [1.29, 1.82) is 0 Å². The molecule has 0 spiro atoms. The van der Waals surface area contributed by atoms with Crippen LogP contribution >= 0.6 is 11.3 Å². The second kappa shape index (κ2) is 5.90. The van der Waals surface area contributed by atoms with Crippen LogP contribution in [-0.2, 0) is 7.05 Å². The molecule has 3 aromatic heterocycles. The van der Waals surface area contributed by atoms with Crippen LogP contribution < -0.4 is 5.32 Å². The van der Waals surface area contributed by atoms with Gasteiger partial charge in [-0.2, -0.15) is 5.10 Å². The summed E-state index contributed by atoms with van der Waals surface area (Å²) in [6.07, 6.45) is 1.79. The highest BCUT2D eigenvalue weighted by Gasteiger charge is 2.15. The van der Waals surface area contributed by atoms with Gasteiger partial charge in [-0.25, -0.2) is 4.98 Å². The largest absolute Gasteiger partial charge is 0.305 e. The van der Waals surface area contributed by atoms with Crippen molar-refractivity contribution in [3.05, 3.63) is 65.7 Å². The van der Waals surface area contributed by atoms with Crippen molar-refractivity contribution in [3.8, 4) is 10.6 Å². The molecule has 0 aliphatic rings. The first-order valence-electron chi connectivity index (χ1n) is 7.45. The Labute approximate surface area is 142 Å². The number of amides is 1. The van der Waals surface area contributed by atoms with Crippen LogP contribution in [0.4, 0.5) is 5.82 Å². The van der Waals surface area contributed by atoms with Gasteiger partial charge >= 0.3 is 0 Å². The van der Waals surface area contributed by atoms with Crippen molar-refractivity contribution in [2.24, 2.45) is 7.05 Å². The summed E-state index contributed by atoms with van der Waals surface area (Å²) in [7, 11) is 1.81. The highest BCUT2D eigenvalue weighted by molar-refractivity contribution is 7.13. The van der Waals surface area contributed by atoms with Crippen molar-refractivity contribution in [2.75, 3.05) is 5.32 Å². The van der Waals surface area contributed by atoms with E-state index < -0.39 is 0 Å². The van der Waals surface area contributed by atoms with E-state index in [2.05, 4.69) is 15.4 Å². The number of rotatable bonds is 3. The Hall–Kier alpha value is -2.99. The Morgan fingerprint density at radius 2 is 2.04 bits per heavy atom. The molecule has 0 aliphatic heterocycles. The van der Waals surface area contributed by atoms with E-state index in [1.807, 2.05) is 54.9 Å². The van der Waals surface area contributed by atoms with Crippen LogP contribution in [0.25, 0.3) is 21.5 Å². The molecular formula is C18H14N4OS. The van der Waals surface area contributed by atoms with Crippen LogP contribution in [0.15, 0.2) is 60.1 Å². The predicted octanol–water partition coefficient (Wildman–Crippen LogP) is 3.95. The molecule has 4 rings (SSSR count). The fourth-order valence-corrected chi connectivity index (χ4v) is 3.27. The smallest absolute Gasteiger partial charge is 0.257 e. The van der Waals surface area contributed by atoms with E-state index in [1.54, 1.807) is 28.3 Å². The van der Waals surface area contributed by atoms with Crippen molar-refractivity contribution in [1.82, 2.24) is 14.8 Å². The van der Waals surface area contributed by atoms with Gasteiger partial charge in [0.15, 0.2) is 5.82 Å². The fraction of sp³-hybridized carbons (Fsp3) is 0.0556. The number of carbonyl (C=O) groups is 1. The highest BCUT2D eigenvalue weighted by atomic mass is 32.1. The molecule has 0 saturated heterocycles. The van der Waals surface area contributed by atoms with E-state index in [1.165, 1.54) is 0 Å². The van der Waals surface area contributed by atoms with Crippen LogP contribution in [0.2, 0.25) is 0 Å². The Kier molecular flexibility index (Phi) is 3.59. The highest BCUT2D eigenvalue weighted by Crippen LogP contribution is 2.28. The fourth-order valence-electron chi connectivity index (χ4n) is 2.58. The molecule has 6 heteroatoms. The van der Waals surface area contributed by atoms with Gasteiger partial charge in [-0.3, -0.25) is 9.48 Å². The lowest BCUT2D eigenvalue weighted by Gasteiger charge is -2.08. The van der Waals surface area contributed by atoms with E-state index in [-0.39, 0.29) is 5.91 Å². The minimum absolute atomic E-state index is 0.190. The first kappa shape index (κ1) is 14.6. The average Bonchev–Trinajstić information content (AvgIpc) is 3.25. The maximum Gasteiger partial charge on any atom is 0.257 e. The van der Waals surface area contributed by atoms with Gasteiger partial charge in [0.2, 0.25) is 0 Å². The zero-order valence-electron chi connectivity index (χ0n) is 12.9. The summed E-state index contributed by atoms with van der Waals surface area (Å²) < 4.78 is 1.65. The van der Waals surface area contributed by atoms with Gasteiger partial charge in [0.25, 0.3) is 5.91 Å². The molecule has 24 heavy (non-hydrogen) atoms. The standard InChI is InChI=1S/C18H14N4OS/c1-22-9-8-17(21-22)20-18(23)13-11-15(16-7-4-10-24-16)19-14-6-3-2-5-12(13)14/h2-11H,1H3,(H,20,21,23). The van der Waals surface area contributed by atoms with E-state index in [4.69, 9.17) is 0 Å². The van der Waals surface area contributed by atoms with Gasteiger partial charge in [-0.1, -0.05) is 24.3 Å². The number of pyridine rings is 1. The van der Waals surface area contributed by atoms with Crippen molar-refractivity contribution in [3.63, 3.8) is 0 Å². The van der Waals surface area contributed by atoms with Crippen LogP contribution in [0.5, 0.6) is 0 Å². The lowest BCUT2D eigenvalue weighted by molar-refractivity contribution is 0.102. The number of anilines is 1. The van der Waals surface area contributed by atoms with Crippen molar-refractivity contribution >= 4 is 34.0 Å². The third kappa shape index (κ3) is 2.68. The lowest BCUT2D eigenvalue weighted by atomic mass is 10.1. The van der Waals surface area contributed by atoms with Gasteiger partial charge in [0.1, 0.15) is 0 Å². The normalized spacial score (nSPS) is 10.9. The Morgan fingerprint density at radius 3 is 2.79 bits per heavy atom. The second-order valence-electron chi connectivity index (χ2n) is 5.38. The Bertz CT molecular complexity index is 1020. The minimum atomic E-state index is -0.190. The molecule has 4 aromatic rings. The molecule has 0 fully saturated rings. The van der Waals surface area contributed by atoms with E-state index in [0.717, 1.165) is 21.5 Å². The average molecular weight is 334 g/mol.